The van der Waals surface area contributed by atoms with Crippen LogP contribution >= 0.6 is 0 Å². The summed E-state index contributed by atoms with van der Waals surface area (Å²) in [6, 6.07) is 15.3. The number of pyridine rings is 1. The van der Waals surface area contributed by atoms with Gasteiger partial charge in [-0.05, 0) is 56.3 Å². The van der Waals surface area contributed by atoms with Crippen LogP contribution in [0.1, 0.15) is 13.8 Å². The molecule has 31 heavy (non-hydrogen) atoms. The van der Waals surface area contributed by atoms with Gasteiger partial charge in [-0.2, -0.15) is 5.10 Å². The Kier molecular flexibility index (Phi) is 5.51. The zero-order chi connectivity index (χ0) is 22.0. The van der Waals surface area contributed by atoms with Crippen molar-refractivity contribution in [1.29, 1.82) is 0 Å². The second kappa shape index (κ2) is 8.27. The van der Waals surface area contributed by atoms with Crippen molar-refractivity contribution in [2.75, 3.05) is 11.8 Å². The lowest BCUT2D eigenvalue weighted by Crippen LogP contribution is -2.14. The first-order valence-corrected chi connectivity index (χ1v) is 11.1. The predicted octanol–water partition coefficient (Wildman–Crippen LogP) is 4.22. The minimum absolute atomic E-state index is 0.0475. The molecule has 0 atom stereocenters. The summed E-state index contributed by atoms with van der Waals surface area (Å²) in [5, 5.41) is 8.26. The molecule has 2 N–H and O–H groups in total. The Labute approximate surface area is 180 Å². The number of nitrogens with zero attached hydrogens (tertiary/aromatic N) is 2. The third-order valence-electron chi connectivity index (χ3n) is 4.53. The van der Waals surface area contributed by atoms with E-state index in [9.17, 15) is 8.42 Å². The van der Waals surface area contributed by atoms with E-state index in [4.69, 9.17) is 9.47 Å². The van der Waals surface area contributed by atoms with Crippen LogP contribution in [0.5, 0.6) is 11.5 Å². The molecule has 0 aliphatic carbocycles. The van der Waals surface area contributed by atoms with Gasteiger partial charge in [-0.1, -0.05) is 6.07 Å². The number of nitrogens with one attached hydrogen (secondary N) is 2. The Morgan fingerprint density at radius 1 is 1.03 bits per heavy atom. The maximum atomic E-state index is 12.8. The van der Waals surface area contributed by atoms with Crippen LogP contribution in [-0.2, 0) is 10.0 Å². The lowest BCUT2D eigenvalue weighted by molar-refractivity contribution is 0.243. The SMILES string of the molecule is COc1cccc(S(=O)(=O)Nc2cc(-c3n[nH]c4ccc(OC(C)C)cc34)ccn2)c1. The Balaban J connectivity index is 1.67. The fraction of sp³-hybridized carbons (Fsp3) is 0.182. The van der Waals surface area contributed by atoms with Crippen molar-refractivity contribution in [3.63, 3.8) is 0 Å². The van der Waals surface area contributed by atoms with E-state index in [1.807, 2.05) is 32.0 Å². The number of H-pyrrole nitrogens is 1. The zero-order valence-corrected chi connectivity index (χ0v) is 18.1. The van der Waals surface area contributed by atoms with Gasteiger partial charge < -0.3 is 9.47 Å². The Bertz CT molecular complexity index is 1330. The second-order valence-electron chi connectivity index (χ2n) is 7.16. The van der Waals surface area contributed by atoms with Gasteiger partial charge in [0.25, 0.3) is 10.0 Å². The summed E-state index contributed by atoms with van der Waals surface area (Å²) >= 11 is 0. The number of rotatable bonds is 7. The topological polar surface area (TPSA) is 106 Å². The lowest BCUT2D eigenvalue weighted by Gasteiger charge is -2.10. The van der Waals surface area contributed by atoms with E-state index in [0.29, 0.717) is 17.0 Å². The molecule has 0 saturated carbocycles. The van der Waals surface area contributed by atoms with E-state index >= 15 is 0 Å². The smallest absolute Gasteiger partial charge is 0.263 e. The number of ether oxygens (including phenoxy) is 2. The minimum Gasteiger partial charge on any atom is -0.497 e. The molecule has 0 fully saturated rings. The van der Waals surface area contributed by atoms with Crippen LogP contribution in [0.2, 0.25) is 0 Å². The van der Waals surface area contributed by atoms with Gasteiger partial charge in [0, 0.05) is 23.2 Å². The predicted molar refractivity (Wildman–Crippen MR) is 119 cm³/mol. The summed E-state index contributed by atoms with van der Waals surface area (Å²) in [6.07, 6.45) is 1.58. The normalized spacial score (nSPS) is 11.6. The number of anilines is 1. The van der Waals surface area contributed by atoms with Crippen molar-refractivity contribution in [2.24, 2.45) is 0 Å². The highest BCUT2D eigenvalue weighted by molar-refractivity contribution is 7.92. The Morgan fingerprint density at radius 2 is 1.87 bits per heavy atom. The fourth-order valence-corrected chi connectivity index (χ4v) is 4.19. The highest BCUT2D eigenvalue weighted by Gasteiger charge is 2.17. The Morgan fingerprint density at radius 3 is 2.65 bits per heavy atom. The van der Waals surface area contributed by atoms with Crippen LogP contribution in [0, 0.1) is 0 Å². The molecule has 0 bridgehead atoms. The molecule has 0 saturated heterocycles. The first-order valence-electron chi connectivity index (χ1n) is 9.64. The van der Waals surface area contributed by atoms with Gasteiger partial charge in [-0.15, -0.1) is 0 Å². The van der Waals surface area contributed by atoms with Crippen LogP contribution in [0.4, 0.5) is 5.82 Å². The summed E-state index contributed by atoms with van der Waals surface area (Å²) in [5.74, 6) is 1.37. The van der Waals surface area contributed by atoms with Gasteiger partial charge in [0.2, 0.25) is 0 Å². The Hall–Kier alpha value is -3.59. The van der Waals surface area contributed by atoms with E-state index in [0.717, 1.165) is 16.7 Å². The standard InChI is InChI=1S/C22H22N4O4S/c1-14(2)30-17-7-8-20-19(13-17)22(25-24-20)15-9-10-23-21(11-15)26-31(27,28)18-6-4-5-16(12-18)29-3/h4-14H,1-3H3,(H,23,26)(H,24,25). The maximum Gasteiger partial charge on any atom is 0.263 e. The van der Waals surface area contributed by atoms with Crippen molar-refractivity contribution in [1.82, 2.24) is 15.2 Å². The molecule has 2 aromatic carbocycles. The first-order chi connectivity index (χ1) is 14.9. The summed E-state index contributed by atoms with van der Waals surface area (Å²) in [6.45, 7) is 3.92. The summed E-state index contributed by atoms with van der Waals surface area (Å²) < 4.78 is 39.0. The quantitative estimate of drug-likeness (QED) is 0.447. The van der Waals surface area contributed by atoms with Crippen molar-refractivity contribution >= 4 is 26.7 Å². The van der Waals surface area contributed by atoms with Gasteiger partial charge in [-0.3, -0.25) is 9.82 Å². The van der Waals surface area contributed by atoms with E-state index in [1.165, 1.54) is 25.4 Å². The van der Waals surface area contributed by atoms with E-state index in [2.05, 4.69) is 19.9 Å². The average Bonchev–Trinajstić information content (AvgIpc) is 3.16. The van der Waals surface area contributed by atoms with Crippen LogP contribution in [0.15, 0.2) is 65.7 Å². The number of methoxy groups -OCH3 is 1. The highest BCUT2D eigenvalue weighted by atomic mass is 32.2. The molecule has 0 unspecified atom stereocenters. The molecule has 4 aromatic rings. The number of aromatic nitrogens is 3. The molecular weight excluding hydrogens is 416 g/mol. The van der Waals surface area contributed by atoms with Crippen molar-refractivity contribution in [2.45, 2.75) is 24.8 Å². The molecule has 8 nitrogen and oxygen atoms in total. The van der Waals surface area contributed by atoms with Crippen molar-refractivity contribution in [3.8, 4) is 22.8 Å². The van der Waals surface area contributed by atoms with Crippen LogP contribution in [0.3, 0.4) is 0 Å². The van der Waals surface area contributed by atoms with E-state index in [-0.39, 0.29) is 16.8 Å². The number of fused-ring (bicyclic) bond motifs is 1. The molecule has 2 heterocycles. The largest absolute Gasteiger partial charge is 0.497 e. The molecular formula is C22H22N4O4S. The van der Waals surface area contributed by atoms with Gasteiger partial charge in [0.05, 0.1) is 23.6 Å². The molecule has 0 radical (unpaired) electrons. The van der Waals surface area contributed by atoms with Crippen molar-refractivity contribution < 1.29 is 17.9 Å². The van der Waals surface area contributed by atoms with E-state index < -0.39 is 10.0 Å². The van der Waals surface area contributed by atoms with Gasteiger partial charge in [0.15, 0.2) is 0 Å². The molecule has 4 rings (SSSR count). The maximum absolute atomic E-state index is 12.8. The number of hydrogen-bond acceptors (Lipinski definition) is 6. The number of aromatic amines is 1. The number of benzene rings is 2. The lowest BCUT2D eigenvalue weighted by atomic mass is 10.1. The van der Waals surface area contributed by atoms with Gasteiger partial charge in [-0.25, -0.2) is 13.4 Å². The molecule has 160 valence electrons. The summed E-state index contributed by atoms with van der Waals surface area (Å²) in [5.41, 5.74) is 2.24. The number of sulfonamides is 1. The van der Waals surface area contributed by atoms with Gasteiger partial charge >= 0.3 is 0 Å². The molecule has 0 spiro atoms. The summed E-state index contributed by atoms with van der Waals surface area (Å²) in [7, 11) is -2.35. The molecule has 0 aliphatic rings. The fourth-order valence-electron chi connectivity index (χ4n) is 3.16. The van der Waals surface area contributed by atoms with Crippen LogP contribution in [-0.4, -0.2) is 36.8 Å². The zero-order valence-electron chi connectivity index (χ0n) is 17.3. The first kappa shape index (κ1) is 20.7. The van der Waals surface area contributed by atoms with E-state index in [1.54, 1.807) is 24.3 Å². The monoisotopic (exact) mass is 438 g/mol. The number of hydrogen-bond donors (Lipinski definition) is 2. The summed E-state index contributed by atoms with van der Waals surface area (Å²) in [4.78, 5) is 4.24. The van der Waals surface area contributed by atoms with Gasteiger partial charge in [0.1, 0.15) is 23.0 Å². The molecule has 9 heteroatoms. The third-order valence-corrected chi connectivity index (χ3v) is 5.88. The van der Waals surface area contributed by atoms with Crippen LogP contribution in [0.25, 0.3) is 22.2 Å². The average molecular weight is 439 g/mol. The minimum atomic E-state index is -3.83. The third kappa shape index (κ3) is 4.46. The molecule has 0 amide bonds. The molecule has 2 aromatic heterocycles. The molecule has 0 aliphatic heterocycles. The van der Waals surface area contributed by atoms with Crippen LogP contribution < -0.4 is 14.2 Å². The van der Waals surface area contributed by atoms with Crippen molar-refractivity contribution in [3.05, 3.63) is 60.8 Å². The highest BCUT2D eigenvalue weighted by Crippen LogP contribution is 2.31. The second-order valence-corrected chi connectivity index (χ2v) is 8.84.